The van der Waals surface area contributed by atoms with E-state index in [1.807, 2.05) is 0 Å². The second-order valence-corrected chi connectivity index (χ2v) is 6.47. The molecule has 0 bridgehead atoms. The van der Waals surface area contributed by atoms with Crippen molar-refractivity contribution in [2.75, 3.05) is 16.8 Å². The van der Waals surface area contributed by atoms with Crippen LogP contribution in [0.5, 0.6) is 0 Å². The van der Waals surface area contributed by atoms with Crippen molar-refractivity contribution in [2.24, 2.45) is 0 Å². The van der Waals surface area contributed by atoms with Crippen molar-refractivity contribution in [3.05, 3.63) is 58.7 Å². The van der Waals surface area contributed by atoms with Crippen molar-refractivity contribution in [3.8, 4) is 0 Å². The topological polar surface area (TPSA) is 15.3 Å². The molecule has 1 aliphatic rings. The Kier molecular flexibility index (Phi) is 4.16. The van der Waals surface area contributed by atoms with Gasteiger partial charge in [-0.2, -0.15) is 0 Å². The summed E-state index contributed by atoms with van der Waals surface area (Å²) in [5.41, 5.74) is 7.55. The fraction of sp³-hybridized carbons (Fsp3) is 0.316. The zero-order chi connectivity index (χ0) is 15.7. The van der Waals surface area contributed by atoms with Gasteiger partial charge in [0.2, 0.25) is 0 Å². The summed E-state index contributed by atoms with van der Waals surface area (Å²) in [6.45, 7) is 7.36. The summed E-state index contributed by atoms with van der Waals surface area (Å²) < 4.78 is 0. The Balaban J connectivity index is 1.88. The quantitative estimate of drug-likeness (QED) is 0.764. The van der Waals surface area contributed by atoms with E-state index in [1.54, 1.807) is 0 Å². The summed E-state index contributed by atoms with van der Waals surface area (Å²) in [5.74, 6) is 0. The number of hydrogen-bond acceptors (Lipinski definition) is 1. The maximum Gasteiger partial charge on any atom is 0.177 e. The van der Waals surface area contributed by atoms with Crippen molar-refractivity contribution < 1.29 is 0 Å². The monoisotopic (exact) mass is 310 g/mol. The van der Waals surface area contributed by atoms with Crippen LogP contribution in [0, 0.1) is 20.8 Å². The second kappa shape index (κ2) is 6.09. The number of nitrogens with one attached hydrogen (secondary N) is 1. The van der Waals surface area contributed by atoms with E-state index in [4.69, 9.17) is 12.2 Å². The predicted octanol–water partition coefficient (Wildman–Crippen LogP) is 4.76. The predicted molar refractivity (Wildman–Crippen MR) is 99.0 cm³/mol. The summed E-state index contributed by atoms with van der Waals surface area (Å²) in [5, 5.41) is 4.25. The highest BCUT2D eigenvalue weighted by atomic mass is 32.1. The molecule has 0 unspecified atom stereocenters. The third-order valence-corrected chi connectivity index (χ3v) is 4.63. The van der Waals surface area contributed by atoms with E-state index in [0.29, 0.717) is 0 Å². The first-order chi connectivity index (χ1) is 10.6. The second-order valence-electron chi connectivity index (χ2n) is 6.08. The Bertz CT molecular complexity index is 701. The number of rotatable bonds is 1. The van der Waals surface area contributed by atoms with E-state index < -0.39 is 0 Å². The lowest BCUT2D eigenvalue weighted by atomic mass is 10.00. The molecule has 1 heterocycles. The number of hydrogen-bond donors (Lipinski definition) is 1. The number of thiocarbonyl (C=S) groups is 1. The summed E-state index contributed by atoms with van der Waals surface area (Å²) in [4.78, 5) is 2.24. The molecule has 3 heteroatoms. The smallest absolute Gasteiger partial charge is 0.177 e. The summed E-state index contributed by atoms with van der Waals surface area (Å²) in [7, 11) is 0. The lowest BCUT2D eigenvalue weighted by Gasteiger charge is -2.32. The maximum atomic E-state index is 5.70. The van der Waals surface area contributed by atoms with Crippen molar-refractivity contribution in [2.45, 2.75) is 33.6 Å². The first-order valence-electron chi connectivity index (χ1n) is 7.80. The average molecular weight is 310 g/mol. The minimum atomic E-state index is 0.794. The van der Waals surface area contributed by atoms with Crippen molar-refractivity contribution in [1.82, 2.24) is 0 Å². The summed E-state index contributed by atoms with van der Waals surface area (Å²) in [6.07, 6.45) is 2.28. The van der Waals surface area contributed by atoms with Gasteiger partial charge in [0.1, 0.15) is 0 Å². The molecular weight excluding hydrogens is 288 g/mol. The van der Waals surface area contributed by atoms with Crippen molar-refractivity contribution >= 4 is 28.7 Å². The van der Waals surface area contributed by atoms with Gasteiger partial charge in [-0.3, -0.25) is 0 Å². The minimum absolute atomic E-state index is 0.794. The SMILES string of the molecule is Cc1ccc2c(c1)CCCN2C(=S)Nc1c(C)cccc1C. The third kappa shape index (κ3) is 2.86. The van der Waals surface area contributed by atoms with E-state index in [2.05, 4.69) is 67.4 Å². The first-order valence-corrected chi connectivity index (χ1v) is 8.21. The molecule has 114 valence electrons. The van der Waals surface area contributed by atoms with Crippen LogP contribution in [0.3, 0.4) is 0 Å². The molecule has 2 aromatic rings. The molecule has 0 aliphatic carbocycles. The van der Waals surface area contributed by atoms with Gasteiger partial charge in [-0.05, 0) is 68.6 Å². The normalized spacial score (nSPS) is 13.7. The molecule has 2 aromatic carbocycles. The molecule has 0 atom stereocenters. The van der Waals surface area contributed by atoms with Crippen LogP contribution in [0.15, 0.2) is 36.4 Å². The molecule has 22 heavy (non-hydrogen) atoms. The summed E-state index contributed by atoms with van der Waals surface area (Å²) in [6, 6.07) is 13.0. The van der Waals surface area contributed by atoms with Gasteiger partial charge >= 0.3 is 0 Å². The van der Waals surface area contributed by atoms with E-state index in [-0.39, 0.29) is 0 Å². The Hall–Kier alpha value is -1.87. The lowest BCUT2D eigenvalue weighted by molar-refractivity contribution is 0.779. The van der Waals surface area contributed by atoms with Crippen LogP contribution in [-0.4, -0.2) is 11.7 Å². The zero-order valence-corrected chi connectivity index (χ0v) is 14.3. The van der Waals surface area contributed by atoms with Crippen LogP contribution in [0.2, 0.25) is 0 Å². The molecule has 0 aromatic heterocycles. The Morgan fingerprint density at radius 2 is 1.82 bits per heavy atom. The Morgan fingerprint density at radius 3 is 2.55 bits per heavy atom. The molecule has 0 saturated heterocycles. The number of nitrogens with zero attached hydrogens (tertiary/aromatic N) is 1. The molecule has 0 spiro atoms. The van der Waals surface area contributed by atoms with Gasteiger partial charge < -0.3 is 10.2 Å². The molecule has 1 N–H and O–H groups in total. The number of aryl methyl sites for hydroxylation is 4. The van der Waals surface area contributed by atoms with Gasteiger partial charge in [-0.25, -0.2) is 0 Å². The molecular formula is C19H22N2S. The summed E-state index contributed by atoms with van der Waals surface area (Å²) >= 11 is 5.70. The van der Waals surface area contributed by atoms with E-state index in [1.165, 1.54) is 27.9 Å². The maximum absolute atomic E-state index is 5.70. The molecule has 0 saturated carbocycles. The van der Waals surface area contributed by atoms with Crippen LogP contribution in [0.1, 0.15) is 28.7 Å². The highest BCUT2D eigenvalue weighted by Crippen LogP contribution is 2.29. The van der Waals surface area contributed by atoms with Crippen LogP contribution in [-0.2, 0) is 6.42 Å². The fourth-order valence-corrected chi connectivity index (χ4v) is 3.41. The van der Waals surface area contributed by atoms with Crippen LogP contribution in [0.4, 0.5) is 11.4 Å². The Morgan fingerprint density at radius 1 is 1.09 bits per heavy atom. The van der Waals surface area contributed by atoms with Gasteiger partial charge in [-0.1, -0.05) is 35.9 Å². The Labute approximate surface area is 138 Å². The molecule has 2 nitrogen and oxygen atoms in total. The number of benzene rings is 2. The molecule has 1 aliphatic heterocycles. The number of fused-ring (bicyclic) bond motifs is 1. The molecule has 0 fully saturated rings. The highest BCUT2D eigenvalue weighted by molar-refractivity contribution is 7.80. The highest BCUT2D eigenvalue weighted by Gasteiger charge is 2.20. The van der Waals surface area contributed by atoms with Crippen LogP contribution in [0.25, 0.3) is 0 Å². The van der Waals surface area contributed by atoms with Gasteiger partial charge in [0.05, 0.1) is 0 Å². The van der Waals surface area contributed by atoms with Crippen molar-refractivity contribution in [1.29, 1.82) is 0 Å². The lowest BCUT2D eigenvalue weighted by Crippen LogP contribution is -2.38. The molecule has 3 rings (SSSR count). The fourth-order valence-electron chi connectivity index (χ4n) is 3.12. The van der Waals surface area contributed by atoms with Crippen LogP contribution >= 0.6 is 12.2 Å². The number of anilines is 2. The van der Waals surface area contributed by atoms with Crippen LogP contribution < -0.4 is 10.2 Å². The number of para-hydroxylation sites is 1. The average Bonchev–Trinajstić information content (AvgIpc) is 2.50. The van der Waals surface area contributed by atoms with E-state index in [0.717, 1.165) is 30.2 Å². The molecule has 0 radical (unpaired) electrons. The third-order valence-electron chi connectivity index (χ3n) is 4.31. The first kappa shape index (κ1) is 15.0. The van der Waals surface area contributed by atoms with Gasteiger partial charge in [0.15, 0.2) is 5.11 Å². The van der Waals surface area contributed by atoms with E-state index in [9.17, 15) is 0 Å². The van der Waals surface area contributed by atoms with Crippen molar-refractivity contribution in [3.63, 3.8) is 0 Å². The zero-order valence-electron chi connectivity index (χ0n) is 13.4. The van der Waals surface area contributed by atoms with Gasteiger partial charge in [0.25, 0.3) is 0 Å². The largest absolute Gasteiger partial charge is 0.332 e. The standard InChI is InChI=1S/C19H22N2S/c1-13-9-10-17-16(12-13)8-5-11-21(17)19(22)20-18-14(2)6-4-7-15(18)3/h4,6-7,9-10,12H,5,8,11H2,1-3H3,(H,20,22). The van der Waals surface area contributed by atoms with Gasteiger partial charge in [0, 0.05) is 17.9 Å². The molecule has 0 amide bonds. The minimum Gasteiger partial charge on any atom is -0.332 e. The van der Waals surface area contributed by atoms with Gasteiger partial charge in [-0.15, -0.1) is 0 Å². The van der Waals surface area contributed by atoms with E-state index >= 15 is 0 Å².